The molecule has 1 heterocycles. The molecule has 0 fully saturated rings. The van der Waals surface area contributed by atoms with E-state index >= 15 is 0 Å². The normalized spacial score (nSPS) is 11.6. The number of amides is 1. The molecule has 140 valence electrons. The molecule has 1 amide bonds. The summed E-state index contributed by atoms with van der Waals surface area (Å²) in [5.41, 5.74) is 5.15. The number of nitrogens with one attached hydrogen (secondary N) is 1. The van der Waals surface area contributed by atoms with Crippen molar-refractivity contribution in [3.8, 4) is 0 Å². The van der Waals surface area contributed by atoms with Crippen LogP contribution in [0.1, 0.15) is 5.56 Å². The second kappa shape index (κ2) is 7.16. The van der Waals surface area contributed by atoms with Crippen LogP contribution in [0.4, 0.5) is 0 Å². The molecule has 0 saturated carbocycles. The number of hydrazone groups is 1. The van der Waals surface area contributed by atoms with Gasteiger partial charge < -0.3 is 0 Å². The number of carbonyl (C=O) groups excluding carboxylic acids is 1. The largest absolute Gasteiger partial charge is 0.271 e. The van der Waals surface area contributed by atoms with Crippen molar-refractivity contribution in [1.82, 2.24) is 20.4 Å². The van der Waals surface area contributed by atoms with E-state index in [0.29, 0.717) is 0 Å². The van der Waals surface area contributed by atoms with Crippen molar-refractivity contribution in [2.75, 3.05) is 0 Å². The first-order valence-electron chi connectivity index (χ1n) is 9.30. The van der Waals surface area contributed by atoms with E-state index in [1.54, 1.807) is 10.9 Å². The summed E-state index contributed by atoms with van der Waals surface area (Å²) < 4.78 is 1.56. The minimum absolute atomic E-state index is 0.0497. The maximum Gasteiger partial charge on any atom is 0.261 e. The highest BCUT2D eigenvalue weighted by atomic mass is 16.2. The number of aromatic nitrogens is 3. The Bertz CT molecular complexity index is 1330. The minimum atomic E-state index is -0.263. The molecule has 0 aliphatic rings. The van der Waals surface area contributed by atoms with Crippen LogP contribution in [0.15, 0.2) is 84.0 Å². The van der Waals surface area contributed by atoms with Crippen LogP contribution in [0.2, 0.25) is 0 Å². The van der Waals surface area contributed by atoms with Crippen molar-refractivity contribution in [1.29, 1.82) is 0 Å². The van der Waals surface area contributed by atoms with Crippen molar-refractivity contribution in [3.63, 3.8) is 0 Å². The van der Waals surface area contributed by atoms with Gasteiger partial charge in [0, 0.05) is 5.56 Å². The van der Waals surface area contributed by atoms with Crippen molar-refractivity contribution in [2.45, 2.75) is 6.54 Å². The maximum atomic E-state index is 12.4. The van der Waals surface area contributed by atoms with Gasteiger partial charge in [0.1, 0.15) is 12.1 Å². The molecule has 0 unspecified atom stereocenters. The SMILES string of the molecule is O=C(Cn1nnc2ccccc21)N/N=C\c1c2ccccc2cc2ccccc12. The van der Waals surface area contributed by atoms with Gasteiger partial charge in [-0.2, -0.15) is 5.10 Å². The third-order valence-corrected chi connectivity index (χ3v) is 4.91. The first-order valence-corrected chi connectivity index (χ1v) is 9.30. The van der Waals surface area contributed by atoms with E-state index in [-0.39, 0.29) is 12.5 Å². The van der Waals surface area contributed by atoms with Crippen molar-refractivity contribution in [2.24, 2.45) is 5.10 Å². The molecule has 0 aliphatic carbocycles. The molecule has 0 bridgehead atoms. The zero-order valence-corrected chi connectivity index (χ0v) is 15.5. The topological polar surface area (TPSA) is 72.2 Å². The molecule has 0 atom stereocenters. The monoisotopic (exact) mass is 379 g/mol. The Labute approximate surface area is 166 Å². The van der Waals surface area contributed by atoms with Gasteiger partial charge in [0.2, 0.25) is 0 Å². The van der Waals surface area contributed by atoms with E-state index in [0.717, 1.165) is 38.1 Å². The molecule has 6 nitrogen and oxygen atoms in total. The number of hydrogen-bond donors (Lipinski definition) is 1. The molecule has 5 aromatic rings. The second-order valence-corrected chi connectivity index (χ2v) is 6.76. The molecule has 4 aromatic carbocycles. The van der Waals surface area contributed by atoms with Crippen LogP contribution in [-0.2, 0) is 11.3 Å². The van der Waals surface area contributed by atoms with Crippen molar-refractivity contribution < 1.29 is 4.79 Å². The maximum absolute atomic E-state index is 12.4. The fourth-order valence-electron chi connectivity index (χ4n) is 3.56. The minimum Gasteiger partial charge on any atom is -0.271 e. The molecule has 0 radical (unpaired) electrons. The van der Waals surface area contributed by atoms with Gasteiger partial charge in [0.25, 0.3) is 5.91 Å². The average Bonchev–Trinajstić information content (AvgIpc) is 3.16. The molecule has 29 heavy (non-hydrogen) atoms. The predicted molar refractivity (Wildman–Crippen MR) is 115 cm³/mol. The lowest BCUT2D eigenvalue weighted by molar-refractivity contribution is -0.121. The van der Waals surface area contributed by atoms with Gasteiger partial charge in [0.15, 0.2) is 0 Å². The molecule has 1 aromatic heterocycles. The molecular weight excluding hydrogens is 362 g/mol. The lowest BCUT2D eigenvalue weighted by atomic mass is 9.97. The molecule has 0 spiro atoms. The van der Waals surface area contributed by atoms with Crippen LogP contribution < -0.4 is 5.43 Å². The van der Waals surface area contributed by atoms with Gasteiger partial charge >= 0.3 is 0 Å². The second-order valence-electron chi connectivity index (χ2n) is 6.76. The van der Waals surface area contributed by atoms with Gasteiger partial charge in [-0.25, -0.2) is 10.1 Å². The van der Waals surface area contributed by atoms with Crippen LogP contribution in [0.5, 0.6) is 0 Å². The lowest BCUT2D eigenvalue weighted by Gasteiger charge is -2.08. The quantitative estimate of drug-likeness (QED) is 0.293. The summed E-state index contributed by atoms with van der Waals surface area (Å²) in [5.74, 6) is -0.263. The van der Waals surface area contributed by atoms with Crippen LogP contribution in [0.25, 0.3) is 32.6 Å². The standard InChI is InChI=1S/C23H17N5O/c29-23(15-28-22-12-6-5-11-21(22)25-27-28)26-24-14-20-18-9-3-1-7-16(18)13-17-8-2-4-10-19(17)20/h1-14H,15H2,(H,26,29)/b24-14-. The molecule has 0 saturated heterocycles. The van der Waals surface area contributed by atoms with Crippen LogP contribution in [0, 0.1) is 0 Å². The summed E-state index contributed by atoms with van der Waals surface area (Å²) in [7, 11) is 0. The first-order chi connectivity index (χ1) is 14.3. The van der Waals surface area contributed by atoms with Gasteiger partial charge in [-0.1, -0.05) is 65.9 Å². The molecule has 5 rings (SSSR count). The zero-order chi connectivity index (χ0) is 19.6. The van der Waals surface area contributed by atoms with E-state index in [1.807, 2.05) is 48.5 Å². The Morgan fingerprint density at radius 2 is 1.59 bits per heavy atom. The summed E-state index contributed by atoms with van der Waals surface area (Å²) in [6.45, 7) is 0.0497. The van der Waals surface area contributed by atoms with Gasteiger partial charge in [-0.3, -0.25) is 4.79 Å². The highest BCUT2D eigenvalue weighted by Gasteiger charge is 2.08. The number of fused-ring (bicyclic) bond motifs is 3. The van der Waals surface area contributed by atoms with Crippen LogP contribution in [0.3, 0.4) is 0 Å². The first kappa shape index (κ1) is 17.1. The number of para-hydroxylation sites is 1. The smallest absolute Gasteiger partial charge is 0.261 e. The van der Waals surface area contributed by atoms with Crippen LogP contribution in [-0.4, -0.2) is 27.1 Å². The van der Waals surface area contributed by atoms with Gasteiger partial charge in [-0.05, 0) is 39.7 Å². The Kier molecular flexibility index (Phi) is 4.22. The third kappa shape index (κ3) is 3.21. The van der Waals surface area contributed by atoms with E-state index in [1.165, 1.54) is 0 Å². The Hall–Kier alpha value is -4.06. The Morgan fingerprint density at radius 3 is 2.34 bits per heavy atom. The Balaban J connectivity index is 1.42. The summed E-state index contributed by atoms with van der Waals surface area (Å²) in [6.07, 6.45) is 1.71. The number of carbonyl (C=O) groups is 1. The Morgan fingerprint density at radius 1 is 0.931 bits per heavy atom. The fourth-order valence-corrected chi connectivity index (χ4v) is 3.56. The molecular formula is C23H17N5O. The van der Waals surface area contributed by atoms with Crippen molar-refractivity contribution >= 4 is 44.7 Å². The van der Waals surface area contributed by atoms with Crippen molar-refractivity contribution in [3.05, 3.63) is 84.4 Å². The molecule has 1 N–H and O–H groups in total. The molecule has 6 heteroatoms. The summed E-state index contributed by atoms with van der Waals surface area (Å²) in [4.78, 5) is 12.4. The van der Waals surface area contributed by atoms with Crippen LogP contribution >= 0.6 is 0 Å². The number of nitrogens with zero attached hydrogens (tertiary/aromatic N) is 4. The summed E-state index contributed by atoms with van der Waals surface area (Å²) in [6, 6.07) is 26.0. The zero-order valence-electron chi connectivity index (χ0n) is 15.5. The van der Waals surface area contributed by atoms with Gasteiger partial charge in [0.05, 0.1) is 11.7 Å². The predicted octanol–water partition coefficient (Wildman–Crippen LogP) is 3.89. The van der Waals surface area contributed by atoms with E-state index < -0.39 is 0 Å². The highest BCUT2D eigenvalue weighted by molar-refractivity contribution is 6.13. The highest BCUT2D eigenvalue weighted by Crippen LogP contribution is 2.27. The summed E-state index contributed by atoms with van der Waals surface area (Å²) in [5, 5.41) is 16.8. The van der Waals surface area contributed by atoms with E-state index in [4.69, 9.17) is 0 Å². The van der Waals surface area contributed by atoms with E-state index in [9.17, 15) is 4.79 Å². The lowest BCUT2D eigenvalue weighted by Crippen LogP contribution is -2.23. The number of benzene rings is 4. The average molecular weight is 379 g/mol. The fraction of sp³-hybridized carbons (Fsp3) is 0.0435. The number of hydrogen-bond acceptors (Lipinski definition) is 4. The summed E-state index contributed by atoms with van der Waals surface area (Å²) >= 11 is 0. The third-order valence-electron chi connectivity index (χ3n) is 4.91. The van der Waals surface area contributed by atoms with Gasteiger partial charge in [-0.15, -0.1) is 5.10 Å². The molecule has 0 aliphatic heterocycles. The number of rotatable bonds is 4. The van der Waals surface area contributed by atoms with E-state index in [2.05, 4.69) is 51.2 Å².